The first kappa shape index (κ1) is 32.3. The lowest BCUT2D eigenvalue weighted by molar-refractivity contribution is -0.139. The molecule has 0 radical (unpaired) electrons. The average Bonchev–Trinajstić information content (AvgIpc) is 3.11. The molecule has 0 bridgehead atoms. The maximum Gasteiger partial charge on any atom is 0.326 e. The number of ether oxygens (including phenoxy) is 3. The second-order valence-electron chi connectivity index (χ2n) is 10.6. The molecule has 1 unspecified atom stereocenters. The summed E-state index contributed by atoms with van der Waals surface area (Å²) < 4.78 is 16.8. The molecular formula is C38H34N2O7. The van der Waals surface area contributed by atoms with Gasteiger partial charge in [0.2, 0.25) is 0 Å². The molecule has 5 aromatic rings. The SMILES string of the molecule is COc1cccc(-c2ccccc2NC(=O)COc2ccc(C(=O)NC(Cc3ccc(OCc4ccccc4)cc3)C(=O)O)cc2)c1. The molecule has 47 heavy (non-hydrogen) atoms. The number of carboxylic acid groups (broad SMARTS) is 1. The van der Waals surface area contributed by atoms with E-state index in [9.17, 15) is 19.5 Å². The summed E-state index contributed by atoms with van der Waals surface area (Å²) in [5, 5.41) is 15.2. The summed E-state index contributed by atoms with van der Waals surface area (Å²) in [5.41, 5.74) is 4.38. The fraction of sp³-hybridized carbons (Fsp3) is 0.132. The van der Waals surface area contributed by atoms with Gasteiger partial charge < -0.3 is 30.0 Å². The van der Waals surface area contributed by atoms with Gasteiger partial charge in [0.15, 0.2) is 6.61 Å². The fourth-order valence-corrected chi connectivity index (χ4v) is 4.81. The van der Waals surface area contributed by atoms with Crippen LogP contribution in [0, 0.1) is 0 Å². The summed E-state index contributed by atoms with van der Waals surface area (Å²) in [5.74, 6) is -0.311. The molecule has 5 rings (SSSR count). The van der Waals surface area contributed by atoms with E-state index in [0.29, 0.717) is 29.5 Å². The third kappa shape index (κ3) is 9.21. The molecule has 0 aromatic heterocycles. The van der Waals surface area contributed by atoms with E-state index in [1.165, 1.54) is 12.1 Å². The monoisotopic (exact) mass is 630 g/mol. The first-order valence-corrected chi connectivity index (χ1v) is 14.9. The fourth-order valence-electron chi connectivity index (χ4n) is 4.81. The highest BCUT2D eigenvalue weighted by Gasteiger charge is 2.21. The third-order valence-corrected chi connectivity index (χ3v) is 7.28. The predicted molar refractivity (Wildman–Crippen MR) is 179 cm³/mol. The van der Waals surface area contributed by atoms with Gasteiger partial charge in [-0.25, -0.2) is 4.79 Å². The van der Waals surface area contributed by atoms with Crippen molar-refractivity contribution >= 4 is 23.5 Å². The van der Waals surface area contributed by atoms with Crippen LogP contribution in [0.1, 0.15) is 21.5 Å². The Morgan fingerprint density at radius 2 is 1.38 bits per heavy atom. The molecule has 0 aliphatic rings. The van der Waals surface area contributed by atoms with Crippen molar-refractivity contribution in [2.24, 2.45) is 0 Å². The number of anilines is 1. The van der Waals surface area contributed by atoms with Crippen molar-refractivity contribution in [1.82, 2.24) is 5.32 Å². The van der Waals surface area contributed by atoms with Gasteiger partial charge in [0.05, 0.1) is 7.11 Å². The molecule has 3 N–H and O–H groups in total. The Morgan fingerprint density at radius 1 is 0.702 bits per heavy atom. The molecule has 9 heteroatoms. The lowest BCUT2D eigenvalue weighted by Gasteiger charge is -2.15. The lowest BCUT2D eigenvalue weighted by Crippen LogP contribution is -2.42. The number of hydrogen-bond acceptors (Lipinski definition) is 6. The Kier molecular flexibility index (Phi) is 10.8. The standard InChI is InChI=1S/C38H34N2O7/c1-45-32-11-7-10-29(23-32)33-12-5-6-13-34(33)39-36(41)25-47-31-20-16-28(17-21-31)37(42)40-35(38(43)44)22-26-14-18-30(19-15-26)46-24-27-8-3-2-4-9-27/h2-21,23,35H,22,24-25H2,1H3,(H,39,41)(H,40,42)(H,43,44). The van der Waals surface area contributed by atoms with Crippen LogP contribution in [0.2, 0.25) is 0 Å². The smallest absolute Gasteiger partial charge is 0.326 e. The number of carbonyl (C=O) groups is 3. The summed E-state index contributed by atoms with van der Waals surface area (Å²) in [7, 11) is 1.60. The minimum atomic E-state index is -1.15. The molecule has 0 saturated carbocycles. The quantitative estimate of drug-likeness (QED) is 0.130. The summed E-state index contributed by atoms with van der Waals surface area (Å²) in [4.78, 5) is 37.6. The lowest BCUT2D eigenvalue weighted by atomic mass is 10.0. The number of benzene rings is 5. The molecule has 9 nitrogen and oxygen atoms in total. The van der Waals surface area contributed by atoms with Crippen molar-refractivity contribution in [2.45, 2.75) is 19.1 Å². The van der Waals surface area contributed by atoms with Gasteiger partial charge >= 0.3 is 5.97 Å². The Morgan fingerprint density at radius 3 is 2.11 bits per heavy atom. The number of aliphatic carboxylic acids is 1. The van der Waals surface area contributed by atoms with Gasteiger partial charge in [-0.3, -0.25) is 9.59 Å². The zero-order valence-electron chi connectivity index (χ0n) is 25.7. The van der Waals surface area contributed by atoms with E-state index in [1.807, 2.05) is 72.8 Å². The largest absolute Gasteiger partial charge is 0.497 e. The van der Waals surface area contributed by atoms with Gasteiger partial charge in [-0.15, -0.1) is 0 Å². The third-order valence-electron chi connectivity index (χ3n) is 7.28. The highest BCUT2D eigenvalue weighted by Crippen LogP contribution is 2.30. The molecule has 0 aliphatic carbocycles. The highest BCUT2D eigenvalue weighted by atomic mass is 16.5. The summed E-state index contributed by atoms with van der Waals surface area (Å²) in [6.45, 7) is 0.166. The number of carbonyl (C=O) groups excluding carboxylic acids is 2. The van der Waals surface area contributed by atoms with Crippen molar-refractivity contribution in [1.29, 1.82) is 0 Å². The van der Waals surface area contributed by atoms with E-state index < -0.39 is 17.9 Å². The average molecular weight is 631 g/mol. The molecule has 0 saturated heterocycles. The van der Waals surface area contributed by atoms with Crippen LogP contribution in [-0.2, 0) is 22.6 Å². The van der Waals surface area contributed by atoms with Crippen LogP contribution < -0.4 is 24.8 Å². The van der Waals surface area contributed by atoms with Gasteiger partial charge in [0, 0.05) is 23.2 Å². The molecule has 0 fully saturated rings. The molecule has 0 spiro atoms. The number of carboxylic acids is 1. The van der Waals surface area contributed by atoms with Crippen LogP contribution in [-0.4, -0.2) is 42.6 Å². The Bertz CT molecular complexity index is 1810. The molecule has 5 aromatic carbocycles. The predicted octanol–water partition coefficient (Wildman–Crippen LogP) is 6.38. The highest BCUT2D eigenvalue weighted by molar-refractivity contribution is 5.97. The number of nitrogens with one attached hydrogen (secondary N) is 2. The van der Waals surface area contributed by atoms with E-state index in [0.717, 1.165) is 22.3 Å². The number of amides is 2. The Hall–Kier alpha value is -6.09. The molecule has 0 heterocycles. The topological polar surface area (TPSA) is 123 Å². The van der Waals surface area contributed by atoms with Crippen LogP contribution in [0.5, 0.6) is 17.2 Å². The zero-order valence-corrected chi connectivity index (χ0v) is 25.7. The van der Waals surface area contributed by atoms with Crippen molar-refractivity contribution in [2.75, 3.05) is 19.0 Å². The van der Waals surface area contributed by atoms with Crippen molar-refractivity contribution in [3.63, 3.8) is 0 Å². The molecule has 238 valence electrons. The van der Waals surface area contributed by atoms with Crippen LogP contribution >= 0.6 is 0 Å². The van der Waals surface area contributed by atoms with Gasteiger partial charge in [0.25, 0.3) is 11.8 Å². The second kappa shape index (κ2) is 15.8. The van der Waals surface area contributed by atoms with Crippen LogP contribution in [0.3, 0.4) is 0 Å². The van der Waals surface area contributed by atoms with Gasteiger partial charge in [-0.1, -0.05) is 72.8 Å². The first-order valence-electron chi connectivity index (χ1n) is 14.9. The maximum atomic E-state index is 12.9. The van der Waals surface area contributed by atoms with Gasteiger partial charge in [0.1, 0.15) is 29.9 Å². The number of methoxy groups -OCH3 is 1. The number of rotatable bonds is 14. The van der Waals surface area contributed by atoms with E-state index in [4.69, 9.17) is 14.2 Å². The maximum absolute atomic E-state index is 12.9. The first-order chi connectivity index (χ1) is 22.9. The number of para-hydroxylation sites is 1. The number of hydrogen-bond donors (Lipinski definition) is 3. The Labute approximate surface area is 272 Å². The van der Waals surface area contributed by atoms with Crippen molar-refractivity contribution in [3.05, 3.63) is 144 Å². The molecule has 2 amide bonds. The van der Waals surface area contributed by atoms with E-state index >= 15 is 0 Å². The van der Waals surface area contributed by atoms with Gasteiger partial charge in [-0.2, -0.15) is 0 Å². The summed E-state index contributed by atoms with van der Waals surface area (Å²) in [6.07, 6.45) is 0.0945. The minimum Gasteiger partial charge on any atom is -0.497 e. The zero-order chi connectivity index (χ0) is 33.0. The van der Waals surface area contributed by atoms with Crippen molar-refractivity contribution < 1.29 is 33.7 Å². The van der Waals surface area contributed by atoms with Crippen LogP contribution in [0.15, 0.2) is 127 Å². The van der Waals surface area contributed by atoms with E-state index in [2.05, 4.69) is 10.6 Å². The molecule has 1 atom stereocenters. The van der Waals surface area contributed by atoms with Crippen LogP contribution in [0.4, 0.5) is 5.69 Å². The summed E-state index contributed by atoms with van der Waals surface area (Å²) >= 11 is 0. The van der Waals surface area contributed by atoms with Gasteiger partial charge in [-0.05, 0) is 71.3 Å². The molecule has 0 aliphatic heterocycles. The normalized spacial score (nSPS) is 11.2. The Balaban J connectivity index is 1.12. The molecular weight excluding hydrogens is 596 g/mol. The second-order valence-corrected chi connectivity index (χ2v) is 10.6. The van der Waals surface area contributed by atoms with Crippen molar-refractivity contribution in [3.8, 4) is 28.4 Å². The van der Waals surface area contributed by atoms with Crippen LogP contribution in [0.25, 0.3) is 11.1 Å². The van der Waals surface area contributed by atoms with E-state index in [-0.39, 0.29) is 24.5 Å². The minimum absolute atomic E-state index is 0.0945. The summed E-state index contributed by atoms with van der Waals surface area (Å²) in [6, 6.07) is 36.8. The van der Waals surface area contributed by atoms with E-state index in [1.54, 1.807) is 49.6 Å².